The molecule has 0 aromatic heterocycles. The number of hydrogen-bond acceptors (Lipinski definition) is 3. The highest BCUT2D eigenvalue weighted by Crippen LogP contribution is 2.37. The Morgan fingerprint density at radius 3 is 2.48 bits per heavy atom. The highest BCUT2D eigenvalue weighted by atomic mass is 32.2. The first kappa shape index (κ1) is 18.2. The number of nitrogens with zero attached hydrogens (tertiary/aromatic N) is 2. The van der Waals surface area contributed by atoms with Crippen LogP contribution in [0.3, 0.4) is 0 Å². The summed E-state index contributed by atoms with van der Waals surface area (Å²) in [5.74, 6) is -0.0134. The van der Waals surface area contributed by atoms with Crippen molar-refractivity contribution < 1.29 is 13.2 Å². The molecule has 1 fully saturated rings. The van der Waals surface area contributed by atoms with Crippen molar-refractivity contribution >= 4 is 21.6 Å². The van der Waals surface area contributed by atoms with Crippen molar-refractivity contribution in [3.63, 3.8) is 0 Å². The topological polar surface area (TPSA) is 57.7 Å². The molecule has 0 N–H and O–H groups in total. The van der Waals surface area contributed by atoms with Crippen LogP contribution in [0.2, 0.25) is 0 Å². The molecule has 1 amide bonds. The predicted octanol–water partition coefficient (Wildman–Crippen LogP) is 3.34. The lowest BCUT2D eigenvalue weighted by atomic mass is 10.1. The highest BCUT2D eigenvalue weighted by molar-refractivity contribution is 7.89. The maximum absolute atomic E-state index is 13.4. The molecule has 0 bridgehead atoms. The number of carbonyl (C=O) groups is 1. The van der Waals surface area contributed by atoms with E-state index in [2.05, 4.69) is 0 Å². The summed E-state index contributed by atoms with van der Waals surface area (Å²) in [5.41, 5.74) is 2.75. The smallest absolute Gasteiger partial charge is 0.243 e. The zero-order valence-electron chi connectivity index (χ0n) is 15.6. The third-order valence-electron chi connectivity index (χ3n) is 5.35. The highest BCUT2D eigenvalue weighted by Gasteiger charge is 2.39. The van der Waals surface area contributed by atoms with E-state index in [0.29, 0.717) is 17.9 Å². The van der Waals surface area contributed by atoms with E-state index in [-0.39, 0.29) is 18.0 Å². The third-order valence-corrected chi connectivity index (χ3v) is 7.24. The van der Waals surface area contributed by atoms with Gasteiger partial charge in [-0.3, -0.25) is 4.79 Å². The van der Waals surface area contributed by atoms with Crippen molar-refractivity contribution in [2.75, 3.05) is 4.90 Å². The lowest BCUT2D eigenvalue weighted by molar-refractivity contribution is -0.116. The van der Waals surface area contributed by atoms with Gasteiger partial charge in [0.15, 0.2) is 0 Å². The lowest BCUT2D eigenvalue weighted by Crippen LogP contribution is -2.33. The van der Waals surface area contributed by atoms with Gasteiger partial charge in [-0.05, 0) is 55.5 Å². The summed E-state index contributed by atoms with van der Waals surface area (Å²) < 4.78 is 28.4. The van der Waals surface area contributed by atoms with E-state index in [1.54, 1.807) is 34.3 Å². The van der Waals surface area contributed by atoms with Gasteiger partial charge in [-0.15, -0.1) is 0 Å². The minimum Gasteiger partial charge on any atom is -0.309 e. The Morgan fingerprint density at radius 2 is 1.85 bits per heavy atom. The van der Waals surface area contributed by atoms with Gasteiger partial charge in [-0.1, -0.05) is 30.3 Å². The van der Waals surface area contributed by atoms with Crippen LogP contribution in [0.5, 0.6) is 0 Å². The van der Waals surface area contributed by atoms with Crippen LogP contribution in [-0.4, -0.2) is 30.7 Å². The summed E-state index contributed by atoms with van der Waals surface area (Å²) in [6.07, 6.45) is 2.50. The molecule has 27 heavy (non-hydrogen) atoms. The van der Waals surface area contributed by atoms with Crippen LogP contribution in [0.1, 0.15) is 37.8 Å². The predicted molar refractivity (Wildman–Crippen MR) is 105 cm³/mol. The van der Waals surface area contributed by atoms with E-state index >= 15 is 0 Å². The average Bonchev–Trinajstić information content (AvgIpc) is 3.40. The van der Waals surface area contributed by atoms with Crippen molar-refractivity contribution in [3.05, 3.63) is 59.7 Å². The fourth-order valence-corrected chi connectivity index (χ4v) is 5.64. The molecule has 4 rings (SSSR count). The first-order valence-corrected chi connectivity index (χ1v) is 10.8. The molecule has 0 radical (unpaired) electrons. The summed E-state index contributed by atoms with van der Waals surface area (Å²) >= 11 is 0. The van der Waals surface area contributed by atoms with Gasteiger partial charge < -0.3 is 4.90 Å². The van der Waals surface area contributed by atoms with E-state index in [1.165, 1.54) is 0 Å². The summed E-state index contributed by atoms with van der Waals surface area (Å²) in [5, 5.41) is 0. The first-order chi connectivity index (χ1) is 12.9. The van der Waals surface area contributed by atoms with E-state index in [1.807, 2.05) is 37.3 Å². The molecule has 2 aromatic rings. The van der Waals surface area contributed by atoms with Crippen molar-refractivity contribution in [2.24, 2.45) is 0 Å². The number of anilines is 1. The van der Waals surface area contributed by atoms with Crippen molar-refractivity contribution in [2.45, 2.75) is 56.6 Å². The van der Waals surface area contributed by atoms with Crippen molar-refractivity contribution in [1.29, 1.82) is 0 Å². The van der Waals surface area contributed by atoms with Crippen molar-refractivity contribution in [3.8, 4) is 0 Å². The third kappa shape index (κ3) is 3.39. The van der Waals surface area contributed by atoms with Gasteiger partial charge in [0.2, 0.25) is 15.9 Å². The number of amides is 1. The molecule has 1 unspecified atom stereocenters. The van der Waals surface area contributed by atoms with Gasteiger partial charge in [0.05, 0.1) is 4.90 Å². The second-order valence-corrected chi connectivity index (χ2v) is 9.39. The molecule has 1 heterocycles. The number of fused-ring (bicyclic) bond motifs is 1. The molecule has 1 atom stereocenters. The number of sulfonamides is 1. The van der Waals surface area contributed by atoms with E-state index in [9.17, 15) is 13.2 Å². The van der Waals surface area contributed by atoms with Crippen LogP contribution in [-0.2, 0) is 27.8 Å². The molecule has 142 valence electrons. The fourth-order valence-electron chi connectivity index (χ4n) is 3.92. The zero-order valence-corrected chi connectivity index (χ0v) is 16.4. The minimum atomic E-state index is -3.58. The molecule has 0 spiro atoms. The monoisotopic (exact) mass is 384 g/mol. The van der Waals surface area contributed by atoms with Crippen LogP contribution < -0.4 is 4.90 Å². The average molecular weight is 385 g/mol. The lowest BCUT2D eigenvalue weighted by Gasteiger charge is -2.23. The maximum Gasteiger partial charge on any atom is 0.243 e. The first-order valence-electron chi connectivity index (χ1n) is 9.36. The molecule has 0 saturated heterocycles. The van der Waals surface area contributed by atoms with Gasteiger partial charge in [-0.2, -0.15) is 4.31 Å². The second kappa shape index (κ2) is 6.77. The number of benzene rings is 2. The van der Waals surface area contributed by atoms with E-state index in [4.69, 9.17) is 0 Å². The van der Waals surface area contributed by atoms with Crippen LogP contribution in [0.25, 0.3) is 0 Å². The van der Waals surface area contributed by atoms with Gasteiger partial charge in [-0.25, -0.2) is 8.42 Å². The van der Waals surface area contributed by atoms with Crippen LogP contribution in [0, 0.1) is 0 Å². The Bertz CT molecular complexity index is 968. The van der Waals surface area contributed by atoms with Gasteiger partial charge >= 0.3 is 0 Å². The van der Waals surface area contributed by atoms with Gasteiger partial charge in [0.1, 0.15) is 0 Å². The summed E-state index contributed by atoms with van der Waals surface area (Å²) in [6.45, 7) is 3.92. The summed E-state index contributed by atoms with van der Waals surface area (Å²) in [4.78, 5) is 14.0. The molecule has 1 aliphatic carbocycles. The Labute approximate surface area is 160 Å². The molecule has 1 saturated carbocycles. The molecule has 2 aromatic carbocycles. The molecule has 6 heteroatoms. The Hall–Kier alpha value is -2.18. The van der Waals surface area contributed by atoms with Crippen LogP contribution >= 0.6 is 0 Å². The molecule has 5 nitrogen and oxygen atoms in total. The summed E-state index contributed by atoms with van der Waals surface area (Å²) in [6, 6.07) is 15.0. The Morgan fingerprint density at radius 1 is 1.15 bits per heavy atom. The minimum absolute atomic E-state index is 0.0134. The number of hydrogen-bond donors (Lipinski definition) is 0. The number of carbonyl (C=O) groups excluding carboxylic acids is 1. The molecule has 2 aliphatic rings. The zero-order chi connectivity index (χ0) is 19.2. The Balaban J connectivity index is 1.67. The number of rotatable bonds is 5. The maximum atomic E-state index is 13.4. The molecule has 1 aliphatic heterocycles. The molecular formula is C21H24N2O3S. The fraction of sp³-hybridized carbons (Fsp3) is 0.381. The SMILES string of the molecule is CC(=O)N1c2ccc(S(=O)(=O)N(Cc3ccccc3)C3CC3)cc2CC1C. The molecular weight excluding hydrogens is 360 g/mol. The van der Waals surface area contributed by atoms with Gasteiger partial charge in [0.25, 0.3) is 0 Å². The Kier molecular flexibility index (Phi) is 4.56. The quantitative estimate of drug-likeness (QED) is 0.794. The van der Waals surface area contributed by atoms with E-state index < -0.39 is 10.0 Å². The van der Waals surface area contributed by atoms with Crippen molar-refractivity contribution in [1.82, 2.24) is 4.31 Å². The second-order valence-electron chi connectivity index (χ2n) is 7.50. The largest absolute Gasteiger partial charge is 0.309 e. The van der Waals surface area contributed by atoms with Crippen LogP contribution in [0.15, 0.2) is 53.4 Å². The summed E-state index contributed by atoms with van der Waals surface area (Å²) in [7, 11) is -3.58. The van der Waals surface area contributed by atoms with Crippen LogP contribution in [0.4, 0.5) is 5.69 Å². The standard InChI is InChI=1S/C21H24N2O3S/c1-15-12-18-13-20(10-11-21(18)23(15)16(2)24)27(25,26)22(19-8-9-19)14-17-6-4-3-5-7-17/h3-7,10-11,13,15,19H,8-9,12,14H2,1-2H3. The van der Waals surface area contributed by atoms with E-state index in [0.717, 1.165) is 29.7 Å². The van der Waals surface area contributed by atoms with Gasteiger partial charge in [0, 0.05) is 31.2 Å². The normalized spacial score (nSPS) is 19.4.